The van der Waals surface area contributed by atoms with E-state index in [-0.39, 0.29) is 5.91 Å². The molecular weight excluding hydrogens is 192 g/mol. The number of hydrazine groups is 1. The van der Waals surface area contributed by atoms with Crippen molar-refractivity contribution < 1.29 is 9.53 Å². The van der Waals surface area contributed by atoms with Gasteiger partial charge in [-0.3, -0.25) is 10.2 Å². The first-order valence-electron chi connectivity index (χ1n) is 4.87. The maximum absolute atomic E-state index is 11.1. The van der Waals surface area contributed by atoms with E-state index < -0.39 is 0 Å². The second-order valence-electron chi connectivity index (χ2n) is 3.13. The number of carbonyl (C=O) groups excluding carboxylic acids is 1. The van der Waals surface area contributed by atoms with Gasteiger partial charge in [0, 0.05) is 13.7 Å². The minimum Gasteiger partial charge on any atom is -0.384 e. The van der Waals surface area contributed by atoms with Crippen molar-refractivity contribution >= 4 is 5.91 Å². The predicted octanol–water partition coefficient (Wildman–Crippen LogP) is 0.844. The molecule has 0 bridgehead atoms. The quantitative estimate of drug-likeness (QED) is 0.681. The molecule has 0 spiro atoms. The van der Waals surface area contributed by atoms with Crippen molar-refractivity contribution in [2.24, 2.45) is 0 Å². The van der Waals surface area contributed by atoms with Gasteiger partial charge in [-0.15, -0.1) is 0 Å². The Labute approximate surface area is 89.6 Å². The molecule has 0 saturated heterocycles. The van der Waals surface area contributed by atoms with Crippen LogP contribution < -0.4 is 10.9 Å². The maximum Gasteiger partial charge on any atom is 0.236 e. The highest BCUT2D eigenvalue weighted by atomic mass is 16.5. The smallest absolute Gasteiger partial charge is 0.236 e. The number of nitrogens with one attached hydrogen (secondary N) is 2. The summed E-state index contributed by atoms with van der Waals surface area (Å²) in [7, 11) is 1.57. The van der Waals surface area contributed by atoms with Gasteiger partial charge in [0.1, 0.15) is 0 Å². The SMILES string of the molecule is COCCC(=O)NNCc1ccccc1. The van der Waals surface area contributed by atoms with Crippen LogP contribution in [0.5, 0.6) is 0 Å². The van der Waals surface area contributed by atoms with Crippen molar-refractivity contribution in [1.29, 1.82) is 0 Å². The second kappa shape index (κ2) is 6.98. The number of hydrogen-bond acceptors (Lipinski definition) is 3. The zero-order chi connectivity index (χ0) is 10.9. The van der Waals surface area contributed by atoms with E-state index in [1.807, 2.05) is 30.3 Å². The zero-order valence-electron chi connectivity index (χ0n) is 8.82. The van der Waals surface area contributed by atoms with E-state index in [0.29, 0.717) is 19.6 Å². The predicted molar refractivity (Wildman–Crippen MR) is 57.9 cm³/mol. The third kappa shape index (κ3) is 5.15. The first-order valence-corrected chi connectivity index (χ1v) is 4.87. The Morgan fingerprint density at radius 1 is 1.33 bits per heavy atom. The van der Waals surface area contributed by atoms with Crippen LogP contribution in [0.3, 0.4) is 0 Å². The first-order chi connectivity index (χ1) is 7.33. The largest absolute Gasteiger partial charge is 0.384 e. The molecule has 2 N–H and O–H groups in total. The number of carbonyl (C=O) groups is 1. The highest BCUT2D eigenvalue weighted by molar-refractivity contribution is 5.75. The number of methoxy groups -OCH3 is 1. The molecule has 4 nitrogen and oxygen atoms in total. The third-order valence-electron chi connectivity index (χ3n) is 1.90. The van der Waals surface area contributed by atoms with Gasteiger partial charge in [-0.05, 0) is 5.56 Å². The number of hydrogen-bond donors (Lipinski definition) is 2. The van der Waals surface area contributed by atoms with Crippen molar-refractivity contribution in [1.82, 2.24) is 10.9 Å². The fraction of sp³-hybridized carbons (Fsp3) is 0.364. The van der Waals surface area contributed by atoms with E-state index in [9.17, 15) is 4.79 Å². The van der Waals surface area contributed by atoms with Crippen molar-refractivity contribution in [2.45, 2.75) is 13.0 Å². The average molecular weight is 208 g/mol. The molecule has 0 saturated carbocycles. The molecule has 0 aliphatic carbocycles. The van der Waals surface area contributed by atoms with Gasteiger partial charge < -0.3 is 4.74 Å². The molecule has 15 heavy (non-hydrogen) atoms. The standard InChI is InChI=1S/C11H16N2O2/c1-15-8-7-11(14)13-12-9-10-5-3-2-4-6-10/h2-6,12H,7-9H2,1H3,(H,13,14). The number of benzene rings is 1. The topological polar surface area (TPSA) is 50.4 Å². The minimum atomic E-state index is -0.0622. The Kier molecular flexibility index (Phi) is 5.43. The van der Waals surface area contributed by atoms with E-state index in [2.05, 4.69) is 10.9 Å². The van der Waals surface area contributed by atoms with Crippen LogP contribution in [0.15, 0.2) is 30.3 Å². The van der Waals surface area contributed by atoms with Gasteiger partial charge >= 0.3 is 0 Å². The summed E-state index contributed by atoms with van der Waals surface area (Å²) in [6.07, 6.45) is 0.373. The summed E-state index contributed by atoms with van der Waals surface area (Å²) in [6.45, 7) is 1.07. The lowest BCUT2D eigenvalue weighted by Gasteiger charge is -2.06. The fourth-order valence-corrected chi connectivity index (χ4v) is 1.10. The Morgan fingerprint density at radius 3 is 2.73 bits per heavy atom. The van der Waals surface area contributed by atoms with E-state index in [0.717, 1.165) is 5.56 Å². The molecule has 0 fully saturated rings. The molecule has 0 aliphatic rings. The van der Waals surface area contributed by atoms with E-state index in [4.69, 9.17) is 4.74 Å². The molecule has 1 aromatic rings. The zero-order valence-corrected chi connectivity index (χ0v) is 8.82. The Morgan fingerprint density at radius 2 is 2.07 bits per heavy atom. The molecule has 0 aromatic heterocycles. The number of rotatable bonds is 6. The normalized spacial score (nSPS) is 9.93. The van der Waals surface area contributed by atoms with Gasteiger partial charge in [0.05, 0.1) is 13.0 Å². The molecule has 0 radical (unpaired) electrons. The number of ether oxygens (including phenoxy) is 1. The van der Waals surface area contributed by atoms with Gasteiger partial charge in [0.15, 0.2) is 0 Å². The summed E-state index contributed by atoms with van der Waals surface area (Å²) < 4.78 is 4.79. The lowest BCUT2D eigenvalue weighted by Crippen LogP contribution is -2.37. The highest BCUT2D eigenvalue weighted by Gasteiger charge is 1.98. The molecule has 4 heteroatoms. The Balaban J connectivity index is 2.14. The number of amides is 1. The average Bonchev–Trinajstić information content (AvgIpc) is 2.28. The molecule has 0 unspecified atom stereocenters. The maximum atomic E-state index is 11.1. The second-order valence-corrected chi connectivity index (χ2v) is 3.13. The summed E-state index contributed by atoms with van der Waals surface area (Å²) >= 11 is 0. The summed E-state index contributed by atoms with van der Waals surface area (Å²) in [5.41, 5.74) is 6.58. The van der Waals surface area contributed by atoms with Gasteiger partial charge in [-0.1, -0.05) is 30.3 Å². The lowest BCUT2D eigenvalue weighted by molar-refractivity contribution is -0.123. The summed E-state index contributed by atoms with van der Waals surface area (Å²) in [5.74, 6) is -0.0622. The molecular formula is C11H16N2O2. The Bertz CT molecular complexity index is 288. The van der Waals surface area contributed by atoms with Crippen molar-refractivity contribution in [3.8, 4) is 0 Å². The highest BCUT2D eigenvalue weighted by Crippen LogP contribution is 1.96. The van der Waals surface area contributed by atoms with Crippen LogP contribution in [0.4, 0.5) is 0 Å². The molecule has 0 atom stereocenters. The van der Waals surface area contributed by atoms with Gasteiger partial charge in [0.25, 0.3) is 0 Å². The van der Waals surface area contributed by atoms with E-state index in [1.165, 1.54) is 0 Å². The molecule has 1 rings (SSSR count). The van der Waals surface area contributed by atoms with Crippen LogP contribution in [0.25, 0.3) is 0 Å². The van der Waals surface area contributed by atoms with E-state index in [1.54, 1.807) is 7.11 Å². The van der Waals surface area contributed by atoms with Gasteiger partial charge in [-0.25, -0.2) is 5.43 Å². The van der Waals surface area contributed by atoms with Crippen molar-refractivity contribution in [3.63, 3.8) is 0 Å². The summed E-state index contributed by atoms with van der Waals surface area (Å²) in [6, 6.07) is 9.87. The third-order valence-corrected chi connectivity index (χ3v) is 1.90. The fourth-order valence-electron chi connectivity index (χ4n) is 1.10. The molecule has 82 valence electrons. The summed E-state index contributed by atoms with van der Waals surface area (Å²) in [5, 5.41) is 0. The van der Waals surface area contributed by atoms with Gasteiger partial charge in [-0.2, -0.15) is 0 Å². The monoisotopic (exact) mass is 208 g/mol. The van der Waals surface area contributed by atoms with Crippen LogP contribution in [-0.2, 0) is 16.1 Å². The summed E-state index contributed by atoms with van der Waals surface area (Å²) in [4.78, 5) is 11.1. The Hall–Kier alpha value is -1.39. The van der Waals surface area contributed by atoms with Crippen LogP contribution in [-0.4, -0.2) is 19.6 Å². The van der Waals surface area contributed by atoms with Crippen LogP contribution >= 0.6 is 0 Å². The first kappa shape index (κ1) is 11.7. The van der Waals surface area contributed by atoms with Crippen LogP contribution in [0.2, 0.25) is 0 Å². The van der Waals surface area contributed by atoms with Crippen molar-refractivity contribution in [3.05, 3.63) is 35.9 Å². The van der Waals surface area contributed by atoms with Crippen LogP contribution in [0.1, 0.15) is 12.0 Å². The molecule has 0 aliphatic heterocycles. The molecule has 0 heterocycles. The van der Waals surface area contributed by atoms with Gasteiger partial charge in [0.2, 0.25) is 5.91 Å². The minimum absolute atomic E-state index is 0.0622. The molecule has 1 aromatic carbocycles. The van der Waals surface area contributed by atoms with E-state index >= 15 is 0 Å². The molecule has 1 amide bonds. The van der Waals surface area contributed by atoms with Crippen molar-refractivity contribution in [2.75, 3.05) is 13.7 Å². The lowest BCUT2D eigenvalue weighted by atomic mass is 10.2. The van der Waals surface area contributed by atoms with Crippen LogP contribution in [0, 0.1) is 0 Å².